The van der Waals surface area contributed by atoms with Crippen LogP contribution in [-0.4, -0.2) is 47.4 Å². The van der Waals surface area contributed by atoms with E-state index in [9.17, 15) is 19.8 Å². The Morgan fingerprint density at radius 3 is 0.905 bits per heavy atom. The number of hydrogen-bond donors (Lipinski definition) is 3. The highest BCUT2D eigenvalue weighted by Crippen LogP contribution is 2.19. The van der Waals surface area contributed by atoms with Crippen molar-refractivity contribution in [2.45, 2.75) is 437 Å². The molecule has 0 fully saturated rings. The molecule has 0 radical (unpaired) electrons. The lowest BCUT2D eigenvalue weighted by Crippen LogP contribution is -2.45. The van der Waals surface area contributed by atoms with Crippen molar-refractivity contribution >= 4 is 11.9 Å². The van der Waals surface area contributed by atoms with E-state index in [0.29, 0.717) is 19.4 Å². The van der Waals surface area contributed by atoms with Crippen LogP contribution in [0.2, 0.25) is 0 Å². The largest absolute Gasteiger partial charge is 0.466 e. The molecule has 6 heteroatoms. The maximum Gasteiger partial charge on any atom is 0.305 e. The van der Waals surface area contributed by atoms with E-state index >= 15 is 0 Å². The molecule has 0 aliphatic heterocycles. The van der Waals surface area contributed by atoms with Crippen LogP contribution in [0.15, 0.2) is 36.5 Å². The highest BCUT2D eigenvalue weighted by molar-refractivity contribution is 5.76. The molecule has 496 valence electrons. The van der Waals surface area contributed by atoms with E-state index in [1.807, 2.05) is 6.08 Å². The molecule has 6 nitrogen and oxygen atoms in total. The zero-order valence-corrected chi connectivity index (χ0v) is 56.9. The topological polar surface area (TPSA) is 95.9 Å². The van der Waals surface area contributed by atoms with Gasteiger partial charge in [-0.3, -0.25) is 9.59 Å². The van der Waals surface area contributed by atoms with Crippen LogP contribution >= 0.6 is 0 Å². The van der Waals surface area contributed by atoms with E-state index in [1.54, 1.807) is 6.08 Å². The van der Waals surface area contributed by atoms with Crippen molar-refractivity contribution in [1.82, 2.24) is 5.32 Å². The monoisotopic (exact) mass is 1180 g/mol. The third-order valence-electron chi connectivity index (χ3n) is 17.9. The molecule has 0 aromatic heterocycles. The fourth-order valence-electron chi connectivity index (χ4n) is 12.1. The highest BCUT2D eigenvalue weighted by atomic mass is 16.5. The summed E-state index contributed by atoms with van der Waals surface area (Å²) in [5.74, 6) is -0.0414. The van der Waals surface area contributed by atoms with Gasteiger partial charge in [0.1, 0.15) is 0 Å². The zero-order chi connectivity index (χ0) is 60.6. The second kappa shape index (κ2) is 73.5. The normalized spacial score (nSPS) is 12.7. The third-order valence-corrected chi connectivity index (χ3v) is 17.9. The Kier molecular flexibility index (Phi) is 71.9. The summed E-state index contributed by atoms with van der Waals surface area (Å²) in [7, 11) is 0. The SMILES string of the molecule is CCCCCCCCCCCCCCCCC/C=C/C(O)C(CO)NC(=O)CCCCCCCCCCCCCCCCCCC/C=C\C/C=C\CCCCCCCCCCCCCCCOC(=O)CCCCCCCCCCCCCCC. The summed E-state index contributed by atoms with van der Waals surface area (Å²) >= 11 is 0. The number of unbranched alkanes of at least 4 members (excludes halogenated alkanes) is 57. The Bertz CT molecular complexity index is 1360. The maximum absolute atomic E-state index is 12.5. The fourth-order valence-corrected chi connectivity index (χ4v) is 12.1. The highest BCUT2D eigenvalue weighted by Gasteiger charge is 2.18. The molecule has 0 heterocycles. The lowest BCUT2D eigenvalue weighted by atomic mass is 10.0. The molecule has 0 saturated heterocycles. The van der Waals surface area contributed by atoms with Crippen LogP contribution in [0.25, 0.3) is 0 Å². The smallest absolute Gasteiger partial charge is 0.305 e. The molecule has 0 aromatic rings. The van der Waals surface area contributed by atoms with E-state index in [0.717, 1.165) is 44.9 Å². The van der Waals surface area contributed by atoms with Crippen LogP contribution in [0.4, 0.5) is 0 Å². The summed E-state index contributed by atoms with van der Waals surface area (Å²) in [6.45, 7) is 4.94. The Labute approximate surface area is 525 Å². The van der Waals surface area contributed by atoms with Gasteiger partial charge >= 0.3 is 5.97 Å². The molecule has 0 spiro atoms. The summed E-state index contributed by atoms with van der Waals surface area (Å²) in [5.41, 5.74) is 0. The first-order chi connectivity index (χ1) is 41.5. The van der Waals surface area contributed by atoms with Gasteiger partial charge in [0, 0.05) is 12.8 Å². The van der Waals surface area contributed by atoms with Crippen molar-refractivity contribution in [3.8, 4) is 0 Å². The first kappa shape index (κ1) is 82.1. The fraction of sp³-hybridized carbons (Fsp3) is 0.897. The number of rotatable bonds is 72. The van der Waals surface area contributed by atoms with Crippen molar-refractivity contribution in [2.24, 2.45) is 0 Å². The summed E-state index contributed by atoms with van der Waals surface area (Å²) in [6, 6.07) is -0.626. The van der Waals surface area contributed by atoms with Crippen LogP contribution in [0, 0.1) is 0 Å². The molecule has 2 unspecified atom stereocenters. The third kappa shape index (κ3) is 69.2. The molecule has 0 aliphatic rings. The number of carbonyl (C=O) groups is 2. The molecule has 84 heavy (non-hydrogen) atoms. The number of carbonyl (C=O) groups excluding carboxylic acids is 2. The number of hydrogen-bond acceptors (Lipinski definition) is 5. The second-order valence-electron chi connectivity index (χ2n) is 26.3. The van der Waals surface area contributed by atoms with Crippen LogP contribution in [0.5, 0.6) is 0 Å². The molecule has 3 N–H and O–H groups in total. The van der Waals surface area contributed by atoms with Crippen molar-refractivity contribution < 1.29 is 24.5 Å². The number of aliphatic hydroxyl groups excluding tert-OH is 2. The molecule has 0 rings (SSSR count). The number of aliphatic hydroxyl groups is 2. The standard InChI is InChI=1S/C78H149NO5/c1-3-5-7-9-11-13-15-17-18-40-43-47-50-54-58-62-66-70-76(81)75(74-80)79-77(82)71-67-63-59-55-51-48-44-41-38-36-34-32-30-28-26-24-22-20-19-21-23-25-27-29-31-33-35-37-39-42-45-49-53-57-61-65-69-73-84-78(83)72-68-64-60-56-52-46-16-14-12-10-8-6-4-2/h19,21,25,27,66,70,75-76,80-81H,3-18,20,22-24,26,28-65,67-69,71-74H2,1-2H3,(H,79,82)/b21-19-,27-25-,70-66+. The molecular weight excluding hydrogens is 1030 g/mol. The van der Waals surface area contributed by atoms with E-state index < -0.39 is 12.1 Å². The predicted molar refractivity (Wildman–Crippen MR) is 370 cm³/mol. The van der Waals surface area contributed by atoms with E-state index in [1.165, 1.54) is 353 Å². The maximum atomic E-state index is 12.5. The Morgan fingerprint density at radius 2 is 0.595 bits per heavy atom. The van der Waals surface area contributed by atoms with Gasteiger partial charge in [-0.05, 0) is 64.2 Å². The minimum Gasteiger partial charge on any atom is -0.466 e. The zero-order valence-electron chi connectivity index (χ0n) is 56.9. The Balaban J connectivity index is 3.37. The lowest BCUT2D eigenvalue weighted by Gasteiger charge is -2.20. The van der Waals surface area contributed by atoms with Crippen LogP contribution in [-0.2, 0) is 14.3 Å². The van der Waals surface area contributed by atoms with Gasteiger partial charge in [-0.15, -0.1) is 0 Å². The Morgan fingerprint density at radius 1 is 0.333 bits per heavy atom. The number of esters is 1. The molecule has 0 aliphatic carbocycles. The van der Waals surface area contributed by atoms with Crippen molar-refractivity contribution in [3.05, 3.63) is 36.5 Å². The Hall–Kier alpha value is -1.92. The lowest BCUT2D eigenvalue weighted by molar-refractivity contribution is -0.143. The van der Waals surface area contributed by atoms with Crippen LogP contribution in [0.1, 0.15) is 425 Å². The van der Waals surface area contributed by atoms with Gasteiger partial charge in [0.25, 0.3) is 0 Å². The van der Waals surface area contributed by atoms with Gasteiger partial charge in [-0.25, -0.2) is 0 Å². The second-order valence-corrected chi connectivity index (χ2v) is 26.3. The van der Waals surface area contributed by atoms with Crippen molar-refractivity contribution in [3.63, 3.8) is 0 Å². The summed E-state index contributed by atoms with van der Waals surface area (Å²) in [6.07, 6.45) is 95.4. The van der Waals surface area contributed by atoms with Crippen LogP contribution in [0.3, 0.4) is 0 Å². The summed E-state index contributed by atoms with van der Waals surface area (Å²) in [5, 5.41) is 23.2. The number of ether oxygens (including phenoxy) is 1. The minimum absolute atomic E-state index is 0.0206. The predicted octanol–water partition coefficient (Wildman–Crippen LogP) is 25.0. The average molecular weight is 1180 g/mol. The van der Waals surface area contributed by atoms with Crippen molar-refractivity contribution in [1.29, 1.82) is 0 Å². The average Bonchev–Trinajstić information content (AvgIpc) is 3.51. The van der Waals surface area contributed by atoms with E-state index in [4.69, 9.17) is 4.74 Å². The number of amides is 1. The summed E-state index contributed by atoms with van der Waals surface area (Å²) in [4.78, 5) is 24.6. The molecular formula is C78H149NO5. The molecule has 2 atom stereocenters. The van der Waals surface area contributed by atoms with E-state index in [-0.39, 0.29) is 18.5 Å². The van der Waals surface area contributed by atoms with E-state index in [2.05, 4.69) is 43.5 Å². The van der Waals surface area contributed by atoms with Gasteiger partial charge in [-0.1, -0.05) is 384 Å². The molecule has 1 amide bonds. The molecule has 0 aromatic carbocycles. The number of allylic oxidation sites excluding steroid dienone is 5. The van der Waals surface area contributed by atoms with Gasteiger partial charge in [0.15, 0.2) is 0 Å². The first-order valence-corrected chi connectivity index (χ1v) is 38.3. The van der Waals surface area contributed by atoms with Gasteiger partial charge in [-0.2, -0.15) is 0 Å². The minimum atomic E-state index is -0.843. The van der Waals surface area contributed by atoms with Crippen molar-refractivity contribution in [2.75, 3.05) is 13.2 Å². The van der Waals surface area contributed by atoms with Gasteiger partial charge in [0.2, 0.25) is 5.91 Å². The molecule has 0 bridgehead atoms. The molecule has 0 saturated carbocycles. The van der Waals surface area contributed by atoms with Gasteiger partial charge in [0.05, 0.1) is 25.4 Å². The quantitative estimate of drug-likeness (QED) is 0.0320. The van der Waals surface area contributed by atoms with Gasteiger partial charge < -0.3 is 20.3 Å². The van der Waals surface area contributed by atoms with Crippen LogP contribution < -0.4 is 5.32 Å². The summed E-state index contributed by atoms with van der Waals surface area (Å²) < 4.78 is 5.49. The first-order valence-electron chi connectivity index (χ1n) is 38.3. The number of nitrogens with one attached hydrogen (secondary N) is 1.